The van der Waals surface area contributed by atoms with E-state index in [1.54, 1.807) is 12.1 Å². The Morgan fingerprint density at radius 2 is 2.00 bits per heavy atom. The Hall–Kier alpha value is -0.890. The Kier molecular flexibility index (Phi) is 6.82. The summed E-state index contributed by atoms with van der Waals surface area (Å²) >= 11 is 0. The summed E-state index contributed by atoms with van der Waals surface area (Å²) in [4.78, 5) is 0. The first-order valence-electron chi connectivity index (χ1n) is 6.28. The molecular formula is C14H22FN. The van der Waals surface area contributed by atoms with E-state index in [1.165, 1.54) is 31.7 Å². The van der Waals surface area contributed by atoms with Gasteiger partial charge in [-0.15, -0.1) is 0 Å². The quantitative estimate of drug-likeness (QED) is 0.665. The Balaban J connectivity index is 2.03. The fraction of sp³-hybridized carbons (Fsp3) is 0.571. The van der Waals surface area contributed by atoms with Crippen molar-refractivity contribution < 1.29 is 4.39 Å². The number of halogens is 1. The molecule has 0 saturated heterocycles. The molecule has 0 bridgehead atoms. The molecule has 0 aliphatic heterocycles. The Labute approximate surface area is 98.1 Å². The largest absolute Gasteiger partial charge is 0.316 e. The molecule has 1 N–H and O–H groups in total. The second-order valence-electron chi connectivity index (χ2n) is 4.19. The average molecular weight is 223 g/mol. The van der Waals surface area contributed by atoms with E-state index in [0.29, 0.717) is 0 Å². The minimum absolute atomic E-state index is 0.138. The van der Waals surface area contributed by atoms with E-state index < -0.39 is 0 Å². The maximum atomic E-state index is 12.9. The maximum absolute atomic E-state index is 12.9. The van der Waals surface area contributed by atoms with E-state index in [2.05, 4.69) is 12.2 Å². The predicted molar refractivity (Wildman–Crippen MR) is 67.1 cm³/mol. The highest BCUT2D eigenvalue weighted by Gasteiger charge is 1.95. The van der Waals surface area contributed by atoms with Gasteiger partial charge in [0.15, 0.2) is 0 Å². The van der Waals surface area contributed by atoms with Gasteiger partial charge in [-0.25, -0.2) is 4.39 Å². The van der Waals surface area contributed by atoms with Crippen LogP contribution in [0.4, 0.5) is 4.39 Å². The molecule has 90 valence electrons. The first-order valence-corrected chi connectivity index (χ1v) is 6.28. The molecule has 1 aromatic rings. The van der Waals surface area contributed by atoms with Crippen molar-refractivity contribution in [3.8, 4) is 0 Å². The van der Waals surface area contributed by atoms with E-state index in [4.69, 9.17) is 0 Å². The van der Waals surface area contributed by atoms with E-state index >= 15 is 0 Å². The summed E-state index contributed by atoms with van der Waals surface area (Å²) in [6.45, 7) is 4.24. The zero-order valence-electron chi connectivity index (χ0n) is 10.1. The number of hydrogen-bond acceptors (Lipinski definition) is 1. The molecule has 16 heavy (non-hydrogen) atoms. The Bertz CT molecular complexity index is 286. The lowest BCUT2D eigenvalue weighted by Gasteiger charge is -2.04. The van der Waals surface area contributed by atoms with Crippen LogP contribution in [0.2, 0.25) is 0 Å². The van der Waals surface area contributed by atoms with Crippen LogP contribution in [-0.4, -0.2) is 13.1 Å². The topological polar surface area (TPSA) is 12.0 Å². The summed E-state index contributed by atoms with van der Waals surface area (Å²) in [6, 6.07) is 6.84. The fourth-order valence-corrected chi connectivity index (χ4v) is 1.73. The van der Waals surface area contributed by atoms with Crippen molar-refractivity contribution in [2.24, 2.45) is 0 Å². The van der Waals surface area contributed by atoms with Gasteiger partial charge >= 0.3 is 0 Å². The van der Waals surface area contributed by atoms with Gasteiger partial charge < -0.3 is 5.32 Å². The standard InChI is InChI=1S/C14H22FN/c1-2-3-4-5-10-16-11-9-13-7-6-8-14(15)12-13/h6-8,12,16H,2-5,9-11H2,1H3. The van der Waals surface area contributed by atoms with E-state index in [9.17, 15) is 4.39 Å². The van der Waals surface area contributed by atoms with E-state index in [0.717, 1.165) is 25.1 Å². The van der Waals surface area contributed by atoms with Crippen molar-refractivity contribution in [1.29, 1.82) is 0 Å². The highest BCUT2D eigenvalue weighted by atomic mass is 19.1. The van der Waals surface area contributed by atoms with Gasteiger partial charge in [0, 0.05) is 0 Å². The first kappa shape index (κ1) is 13.2. The third kappa shape index (κ3) is 5.86. The van der Waals surface area contributed by atoms with E-state index in [-0.39, 0.29) is 5.82 Å². The van der Waals surface area contributed by atoms with Gasteiger partial charge in [0.25, 0.3) is 0 Å². The molecule has 0 saturated carbocycles. The summed E-state index contributed by atoms with van der Waals surface area (Å²) in [5.41, 5.74) is 1.07. The minimum Gasteiger partial charge on any atom is -0.316 e. The molecule has 0 spiro atoms. The highest BCUT2D eigenvalue weighted by Crippen LogP contribution is 2.03. The SMILES string of the molecule is CCCCCCNCCc1cccc(F)c1. The molecule has 0 aliphatic rings. The summed E-state index contributed by atoms with van der Waals surface area (Å²) in [6.07, 6.45) is 6.07. The summed E-state index contributed by atoms with van der Waals surface area (Å²) in [5.74, 6) is -0.138. The van der Waals surface area contributed by atoms with Crippen molar-refractivity contribution in [2.45, 2.75) is 39.0 Å². The molecular weight excluding hydrogens is 201 g/mol. The van der Waals surface area contributed by atoms with Crippen LogP contribution >= 0.6 is 0 Å². The van der Waals surface area contributed by atoms with Crippen LogP contribution in [0.25, 0.3) is 0 Å². The normalized spacial score (nSPS) is 10.6. The molecule has 0 fully saturated rings. The molecule has 1 nitrogen and oxygen atoms in total. The van der Waals surface area contributed by atoms with Crippen LogP contribution in [0.1, 0.15) is 38.2 Å². The number of benzene rings is 1. The second-order valence-corrected chi connectivity index (χ2v) is 4.19. The molecule has 1 rings (SSSR count). The van der Waals surface area contributed by atoms with Crippen molar-refractivity contribution in [2.75, 3.05) is 13.1 Å². The molecule has 0 heterocycles. The van der Waals surface area contributed by atoms with Crippen LogP contribution in [0.15, 0.2) is 24.3 Å². The summed E-state index contributed by atoms with van der Waals surface area (Å²) < 4.78 is 12.9. The van der Waals surface area contributed by atoms with Crippen LogP contribution in [0, 0.1) is 5.82 Å². The fourth-order valence-electron chi connectivity index (χ4n) is 1.73. The smallest absolute Gasteiger partial charge is 0.123 e. The lowest BCUT2D eigenvalue weighted by Crippen LogP contribution is -2.18. The minimum atomic E-state index is -0.138. The van der Waals surface area contributed by atoms with Gasteiger partial charge in [-0.2, -0.15) is 0 Å². The zero-order chi connectivity index (χ0) is 11.6. The number of nitrogens with one attached hydrogen (secondary N) is 1. The van der Waals surface area contributed by atoms with Gasteiger partial charge in [0.2, 0.25) is 0 Å². The molecule has 0 aliphatic carbocycles. The monoisotopic (exact) mass is 223 g/mol. The highest BCUT2D eigenvalue weighted by molar-refractivity contribution is 5.16. The zero-order valence-corrected chi connectivity index (χ0v) is 10.1. The third-order valence-electron chi connectivity index (χ3n) is 2.69. The maximum Gasteiger partial charge on any atom is 0.123 e. The van der Waals surface area contributed by atoms with Crippen molar-refractivity contribution in [1.82, 2.24) is 5.32 Å². The molecule has 0 aromatic heterocycles. The molecule has 2 heteroatoms. The molecule has 0 unspecified atom stereocenters. The van der Waals surface area contributed by atoms with Gasteiger partial charge in [-0.05, 0) is 43.6 Å². The summed E-state index contributed by atoms with van der Waals surface area (Å²) in [7, 11) is 0. The van der Waals surface area contributed by atoms with Crippen LogP contribution in [0.3, 0.4) is 0 Å². The first-order chi connectivity index (χ1) is 7.83. The molecule has 0 radical (unpaired) electrons. The van der Waals surface area contributed by atoms with Crippen molar-refractivity contribution >= 4 is 0 Å². The lowest BCUT2D eigenvalue weighted by molar-refractivity contribution is 0.596. The number of hydrogen-bond donors (Lipinski definition) is 1. The van der Waals surface area contributed by atoms with Gasteiger partial charge in [0.05, 0.1) is 0 Å². The van der Waals surface area contributed by atoms with Crippen LogP contribution in [-0.2, 0) is 6.42 Å². The molecule has 0 amide bonds. The average Bonchev–Trinajstić information content (AvgIpc) is 2.28. The number of rotatable bonds is 8. The second kappa shape index (κ2) is 8.28. The lowest BCUT2D eigenvalue weighted by atomic mass is 10.1. The van der Waals surface area contributed by atoms with E-state index in [1.807, 2.05) is 6.07 Å². The predicted octanol–water partition coefficient (Wildman–Crippen LogP) is 3.54. The van der Waals surface area contributed by atoms with Gasteiger partial charge in [-0.1, -0.05) is 38.3 Å². The van der Waals surface area contributed by atoms with Crippen LogP contribution in [0.5, 0.6) is 0 Å². The molecule has 1 aromatic carbocycles. The van der Waals surface area contributed by atoms with Crippen molar-refractivity contribution in [3.05, 3.63) is 35.6 Å². The van der Waals surface area contributed by atoms with Crippen molar-refractivity contribution in [3.63, 3.8) is 0 Å². The summed E-state index contributed by atoms with van der Waals surface area (Å²) in [5, 5.41) is 3.39. The molecule has 0 atom stereocenters. The number of unbranched alkanes of at least 4 members (excludes halogenated alkanes) is 3. The van der Waals surface area contributed by atoms with Crippen LogP contribution < -0.4 is 5.32 Å². The van der Waals surface area contributed by atoms with Gasteiger partial charge in [0.1, 0.15) is 5.82 Å². The van der Waals surface area contributed by atoms with Gasteiger partial charge in [-0.3, -0.25) is 0 Å². The third-order valence-corrected chi connectivity index (χ3v) is 2.69. The Morgan fingerprint density at radius 1 is 1.12 bits per heavy atom. The Morgan fingerprint density at radius 3 is 2.75 bits per heavy atom.